The molecule has 1 aromatic carbocycles. The largest absolute Gasteiger partial charge is 0.379 e. The van der Waals surface area contributed by atoms with Gasteiger partial charge in [-0.1, -0.05) is 24.3 Å². The molecule has 8 heteroatoms. The summed E-state index contributed by atoms with van der Waals surface area (Å²) in [7, 11) is -3.59. The number of aromatic nitrogens is 2. The zero-order valence-corrected chi connectivity index (χ0v) is 14.7. The maximum Gasteiger partial charge on any atom is 0.243 e. The number of hydrogen-bond donors (Lipinski definition) is 2. The van der Waals surface area contributed by atoms with Crippen LogP contribution in [0.3, 0.4) is 0 Å². The van der Waals surface area contributed by atoms with Crippen LogP contribution in [0.5, 0.6) is 0 Å². The number of sulfonamides is 1. The molecule has 7 nitrogen and oxygen atoms in total. The van der Waals surface area contributed by atoms with Crippen LogP contribution in [0.15, 0.2) is 41.6 Å². The van der Waals surface area contributed by atoms with Crippen LogP contribution < -0.4 is 10.0 Å². The van der Waals surface area contributed by atoms with Gasteiger partial charge in [0, 0.05) is 25.4 Å². The molecule has 0 amide bonds. The van der Waals surface area contributed by atoms with Gasteiger partial charge in [-0.2, -0.15) is 5.10 Å². The average Bonchev–Trinajstić information content (AvgIpc) is 3.31. The van der Waals surface area contributed by atoms with Crippen LogP contribution in [-0.2, 0) is 21.2 Å². The van der Waals surface area contributed by atoms with Crippen LogP contribution in [0.1, 0.15) is 29.6 Å². The molecular weight excluding hydrogens is 340 g/mol. The number of nitrogens with one attached hydrogen (secondary N) is 2. The molecule has 3 heterocycles. The standard InChI is InChI=1S/C17H22N4O3S/c22-25(23,15-9-19-21(11-15)14-6-8-24-12-14)20-10-17-16-4-2-1-3-13(16)5-7-18-17/h1-4,9,11,14,17-18,20H,5-8,10,12H2. The van der Waals surface area contributed by atoms with Crippen LogP contribution in [0, 0.1) is 0 Å². The maximum absolute atomic E-state index is 12.6. The van der Waals surface area contributed by atoms with E-state index < -0.39 is 10.0 Å². The van der Waals surface area contributed by atoms with E-state index in [2.05, 4.69) is 27.3 Å². The van der Waals surface area contributed by atoms with Crippen molar-refractivity contribution in [3.8, 4) is 0 Å². The zero-order chi connectivity index (χ0) is 17.3. The Bertz CT molecular complexity index is 843. The van der Waals surface area contributed by atoms with E-state index in [-0.39, 0.29) is 17.0 Å². The lowest BCUT2D eigenvalue weighted by Gasteiger charge is -2.27. The molecule has 2 aliphatic rings. The summed E-state index contributed by atoms with van der Waals surface area (Å²) in [5.74, 6) is 0. The molecule has 2 aliphatic heterocycles. The Morgan fingerprint density at radius 3 is 3.08 bits per heavy atom. The van der Waals surface area contributed by atoms with E-state index in [0.29, 0.717) is 19.8 Å². The van der Waals surface area contributed by atoms with Crippen LogP contribution in [0.4, 0.5) is 0 Å². The van der Waals surface area contributed by atoms with Crippen LogP contribution >= 0.6 is 0 Å². The second-order valence-corrected chi connectivity index (χ2v) is 8.25. The molecule has 0 saturated carbocycles. The van der Waals surface area contributed by atoms with Gasteiger partial charge in [-0.15, -0.1) is 0 Å². The lowest BCUT2D eigenvalue weighted by molar-refractivity contribution is 0.184. The van der Waals surface area contributed by atoms with Crippen molar-refractivity contribution in [2.75, 3.05) is 26.3 Å². The summed E-state index contributed by atoms with van der Waals surface area (Å²) in [6.45, 7) is 2.44. The molecule has 0 spiro atoms. The second kappa shape index (κ2) is 6.87. The predicted molar refractivity (Wildman–Crippen MR) is 92.8 cm³/mol. The number of ether oxygens (including phenoxy) is 1. The van der Waals surface area contributed by atoms with E-state index in [4.69, 9.17) is 4.74 Å². The minimum absolute atomic E-state index is 0.0157. The summed E-state index contributed by atoms with van der Waals surface area (Å²) >= 11 is 0. The lowest BCUT2D eigenvalue weighted by Crippen LogP contribution is -2.38. The monoisotopic (exact) mass is 362 g/mol. The highest BCUT2D eigenvalue weighted by atomic mass is 32.2. The third kappa shape index (κ3) is 3.48. The number of hydrogen-bond acceptors (Lipinski definition) is 5. The molecule has 2 N–H and O–H groups in total. The van der Waals surface area contributed by atoms with Gasteiger partial charge in [-0.3, -0.25) is 4.68 Å². The minimum Gasteiger partial charge on any atom is -0.379 e. The van der Waals surface area contributed by atoms with Crippen molar-refractivity contribution < 1.29 is 13.2 Å². The first kappa shape index (κ1) is 16.7. The van der Waals surface area contributed by atoms with Gasteiger partial charge in [0.25, 0.3) is 0 Å². The molecule has 2 aromatic rings. The second-order valence-electron chi connectivity index (χ2n) is 6.48. The molecule has 1 fully saturated rings. The van der Waals surface area contributed by atoms with Gasteiger partial charge in [-0.05, 0) is 30.5 Å². The first-order valence-corrected chi connectivity index (χ1v) is 10.0. The van der Waals surface area contributed by atoms with Gasteiger partial charge >= 0.3 is 0 Å². The summed E-state index contributed by atoms with van der Waals surface area (Å²) in [6.07, 6.45) is 4.82. The molecule has 0 aliphatic carbocycles. The molecule has 0 bridgehead atoms. The van der Waals surface area contributed by atoms with E-state index in [1.807, 2.05) is 12.1 Å². The first-order valence-electron chi connectivity index (χ1n) is 8.56. The van der Waals surface area contributed by atoms with Gasteiger partial charge < -0.3 is 10.1 Å². The molecule has 2 unspecified atom stereocenters. The molecule has 4 rings (SSSR count). The van der Waals surface area contributed by atoms with Gasteiger partial charge in [-0.25, -0.2) is 13.1 Å². The highest BCUT2D eigenvalue weighted by Gasteiger charge is 2.25. The first-order chi connectivity index (χ1) is 12.1. The third-order valence-electron chi connectivity index (χ3n) is 4.86. The molecule has 134 valence electrons. The molecule has 1 saturated heterocycles. The zero-order valence-electron chi connectivity index (χ0n) is 13.9. The number of rotatable bonds is 5. The molecule has 25 heavy (non-hydrogen) atoms. The summed E-state index contributed by atoms with van der Waals surface area (Å²) < 4.78 is 34.9. The fourth-order valence-corrected chi connectivity index (χ4v) is 4.43. The Morgan fingerprint density at radius 2 is 2.24 bits per heavy atom. The molecule has 1 aromatic heterocycles. The average molecular weight is 362 g/mol. The van der Waals surface area contributed by atoms with E-state index in [1.54, 1.807) is 10.9 Å². The lowest BCUT2D eigenvalue weighted by atomic mass is 9.95. The summed E-state index contributed by atoms with van der Waals surface area (Å²) in [4.78, 5) is 0.198. The van der Waals surface area contributed by atoms with Gasteiger partial charge in [0.1, 0.15) is 4.90 Å². The van der Waals surface area contributed by atoms with Gasteiger partial charge in [0.05, 0.1) is 18.8 Å². The predicted octanol–water partition coefficient (Wildman–Crippen LogP) is 1.01. The quantitative estimate of drug-likeness (QED) is 0.829. The Balaban J connectivity index is 1.45. The smallest absolute Gasteiger partial charge is 0.243 e. The molecular formula is C17H22N4O3S. The Morgan fingerprint density at radius 1 is 1.36 bits per heavy atom. The van der Waals surface area contributed by atoms with Gasteiger partial charge in [0.15, 0.2) is 0 Å². The van der Waals surface area contributed by atoms with E-state index in [1.165, 1.54) is 11.8 Å². The number of nitrogens with zero attached hydrogens (tertiary/aromatic N) is 2. The van der Waals surface area contributed by atoms with E-state index >= 15 is 0 Å². The molecule has 0 radical (unpaired) electrons. The Labute approximate surface area is 147 Å². The van der Waals surface area contributed by atoms with E-state index in [9.17, 15) is 8.42 Å². The van der Waals surface area contributed by atoms with Crippen LogP contribution in [0.25, 0.3) is 0 Å². The highest BCUT2D eigenvalue weighted by molar-refractivity contribution is 7.89. The summed E-state index contributed by atoms with van der Waals surface area (Å²) in [5, 5.41) is 7.58. The topological polar surface area (TPSA) is 85.3 Å². The summed E-state index contributed by atoms with van der Waals surface area (Å²) in [6, 6.07) is 8.27. The van der Waals surface area contributed by atoms with Gasteiger partial charge in [0.2, 0.25) is 10.0 Å². The van der Waals surface area contributed by atoms with Crippen molar-refractivity contribution in [2.45, 2.75) is 29.8 Å². The Kier molecular flexibility index (Phi) is 4.60. The van der Waals surface area contributed by atoms with Crippen molar-refractivity contribution >= 4 is 10.0 Å². The fourth-order valence-electron chi connectivity index (χ4n) is 3.44. The fraction of sp³-hybridized carbons (Fsp3) is 0.471. The SMILES string of the molecule is O=S(=O)(NCC1NCCc2ccccc21)c1cnn(C2CCOC2)c1. The van der Waals surface area contributed by atoms with Crippen molar-refractivity contribution in [3.05, 3.63) is 47.8 Å². The van der Waals surface area contributed by atoms with Crippen molar-refractivity contribution in [3.63, 3.8) is 0 Å². The van der Waals surface area contributed by atoms with Crippen molar-refractivity contribution in [1.29, 1.82) is 0 Å². The Hall–Kier alpha value is -1.74. The highest BCUT2D eigenvalue weighted by Crippen LogP contribution is 2.23. The summed E-state index contributed by atoms with van der Waals surface area (Å²) in [5.41, 5.74) is 2.44. The third-order valence-corrected chi connectivity index (χ3v) is 6.24. The maximum atomic E-state index is 12.6. The minimum atomic E-state index is -3.59. The van der Waals surface area contributed by atoms with E-state index in [0.717, 1.165) is 24.9 Å². The van der Waals surface area contributed by atoms with Crippen LogP contribution in [0.2, 0.25) is 0 Å². The van der Waals surface area contributed by atoms with Crippen molar-refractivity contribution in [2.24, 2.45) is 0 Å². The number of fused-ring (bicyclic) bond motifs is 1. The van der Waals surface area contributed by atoms with Crippen LogP contribution in [-0.4, -0.2) is 44.5 Å². The normalized spacial score (nSPS) is 23.5. The molecule has 2 atom stereocenters. The number of benzene rings is 1. The van der Waals surface area contributed by atoms with Crippen molar-refractivity contribution in [1.82, 2.24) is 19.8 Å².